The summed E-state index contributed by atoms with van der Waals surface area (Å²) in [5.41, 5.74) is 3.20. The molecule has 0 aliphatic heterocycles. The van der Waals surface area contributed by atoms with Crippen LogP contribution in [0.15, 0.2) is 18.3 Å². The molecule has 2 aromatic heterocycles. The molecule has 0 spiro atoms. The van der Waals surface area contributed by atoms with Crippen molar-refractivity contribution in [1.29, 1.82) is 0 Å². The van der Waals surface area contributed by atoms with Crippen LogP contribution in [0.25, 0.3) is 5.52 Å². The van der Waals surface area contributed by atoms with Gasteiger partial charge in [-0.05, 0) is 18.6 Å². The molecule has 0 atom stereocenters. The third kappa shape index (κ3) is 1.73. The summed E-state index contributed by atoms with van der Waals surface area (Å²) >= 11 is 0. The van der Waals surface area contributed by atoms with Crippen molar-refractivity contribution in [2.24, 2.45) is 0 Å². The third-order valence-corrected chi connectivity index (χ3v) is 2.74. The van der Waals surface area contributed by atoms with E-state index in [9.17, 15) is 4.79 Å². The Morgan fingerprint density at radius 1 is 1.44 bits per heavy atom. The minimum atomic E-state index is 0.382. The molecule has 16 heavy (non-hydrogen) atoms. The van der Waals surface area contributed by atoms with Crippen molar-refractivity contribution in [2.45, 2.75) is 33.1 Å². The van der Waals surface area contributed by atoms with Gasteiger partial charge in [-0.25, -0.2) is 4.98 Å². The number of aryl methyl sites for hydroxylation is 1. The Morgan fingerprint density at radius 3 is 2.81 bits per heavy atom. The van der Waals surface area contributed by atoms with Crippen molar-refractivity contribution in [3.63, 3.8) is 0 Å². The Morgan fingerprint density at radius 2 is 2.19 bits per heavy atom. The van der Waals surface area contributed by atoms with Crippen LogP contribution in [0.1, 0.15) is 36.8 Å². The zero-order valence-corrected chi connectivity index (χ0v) is 9.90. The predicted molar refractivity (Wildman–Crippen MR) is 63.8 cm³/mol. The van der Waals surface area contributed by atoms with E-state index in [4.69, 9.17) is 0 Å². The molecule has 0 amide bonds. The molecule has 0 radical (unpaired) electrons. The number of pyridine rings is 1. The first-order chi connectivity index (χ1) is 7.63. The van der Waals surface area contributed by atoms with Crippen LogP contribution < -0.4 is 0 Å². The van der Waals surface area contributed by atoms with Gasteiger partial charge in [-0.3, -0.25) is 0 Å². The zero-order chi connectivity index (χ0) is 11.7. The largest absolute Gasteiger partial charge is 0.303 e. The molecule has 2 aromatic rings. The van der Waals surface area contributed by atoms with E-state index in [1.807, 2.05) is 25.3 Å². The summed E-state index contributed by atoms with van der Waals surface area (Å²) in [4.78, 5) is 15.1. The van der Waals surface area contributed by atoms with Crippen LogP contribution in [0.5, 0.6) is 0 Å². The number of aromatic nitrogens is 2. The minimum Gasteiger partial charge on any atom is -0.303 e. The fourth-order valence-corrected chi connectivity index (χ4v) is 1.94. The highest BCUT2D eigenvalue weighted by Gasteiger charge is 2.11. The van der Waals surface area contributed by atoms with Crippen LogP contribution in [-0.2, 0) is 11.2 Å². The van der Waals surface area contributed by atoms with Crippen molar-refractivity contribution in [1.82, 2.24) is 9.38 Å². The van der Waals surface area contributed by atoms with Crippen molar-refractivity contribution in [3.8, 4) is 0 Å². The molecule has 2 rings (SSSR count). The molecule has 3 heteroatoms. The molecular formula is C13H16N2O. The van der Waals surface area contributed by atoms with Gasteiger partial charge in [0, 0.05) is 18.5 Å². The van der Waals surface area contributed by atoms with Gasteiger partial charge in [0.1, 0.15) is 12.1 Å². The zero-order valence-electron chi connectivity index (χ0n) is 9.90. The van der Waals surface area contributed by atoms with Crippen LogP contribution in [0.4, 0.5) is 0 Å². The molecule has 0 N–H and O–H groups in total. The Balaban J connectivity index is 2.64. The molecule has 0 bridgehead atoms. The summed E-state index contributed by atoms with van der Waals surface area (Å²) in [6.07, 6.45) is 3.41. The number of carbonyl (C=O) groups excluding carboxylic acids is 1. The Hall–Kier alpha value is -1.64. The standard InChI is InChI=1S/C13H16N2O/c1-9(2)13-14-10(3)12-5-4-11(6-7-16)8-15(12)13/h4-5,7-9H,6H2,1-3H3. The van der Waals surface area contributed by atoms with Gasteiger partial charge in [0.2, 0.25) is 0 Å². The SMILES string of the molecule is Cc1nc(C(C)C)n2cc(CC=O)ccc12. The fraction of sp³-hybridized carbons (Fsp3) is 0.385. The topological polar surface area (TPSA) is 34.4 Å². The Labute approximate surface area is 95.1 Å². The van der Waals surface area contributed by atoms with E-state index < -0.39 is 0 Å². The van der Waals surface area contributed by atoms with E-state index in [0.717, 1.165) is 28.9 Å². The Bertz CT molecular complexity index is 526. The Kier molecular flexibility index (Phi) is 2.77. The van der Waals surface area contributed by atoms with E-state index >= 15 is 0 Å². The molecule has 0 aliphatic carbocycles. The summed E-state index contributed by atoms with van der Waals surface area (Å²) in [6.45, 7) is 6.27. The van der Waals surface area contributed by atoms with E-state index in [-0.39, 0.29) is 0 Å². The lowest BCUT2D eigenvalue weighted by Crippen LogP contribution is -1.98. The van der Waals surface area contributed by atoms with Crippen molar-refractivity contribution in [3.05, 3.63) is 35.4 Å². The second-order valence-electron chi connectivity index (χ2n) is 4.37. The summed E-state index contributed by atoms with van der Waals surface area (Å²) in [5.74, 6) is 1.44. The van der Waals surface area contributed by atoms with E-state index in [1.54, 1.807) is 0 Å². The van der Waals surface area contributed by atoms with Gasteiger partial charge >= 0.3 is 0 Å². The first kappa shape index (κ1) is 10.9. The van der Waals surface area contributed by atoms with Crippen LogP contribution >= 0.6 is 0 Å². The molecule has 0 saturated heterocycles. The van der Waals surface area contributed by atoms with Gasteiger partial charge in [0.05, 0.1) is 11.2 Å². The number of imidazole rings is 1. The van der Waals surface area contributed by atoms with E-state index in [1.165, 1.54) is 0 Å². The number of aldehydes is 1. The average Bonchev–Trinajstić information content (AvgIpc) is 2.57. The molecule has 84 valence electrons. The van der Waals surface area contributed by atoms with Gasteiger partial charge in [0.15, 0.2) is 0 Å². The lowest BCUT2D eigenvalue weighted by molar-refractivity contribution is -0.107. The molecule has 0 aromatic carbocycles. The van der Waals surface area contributed by atoms with Crippen molar-refractivity contribution in [2.75, 3.05) is 0 Å². The highest BCUT2D eigenvalue weighted by molar-refractivity contribution is 5.58. The number of nitrogens with zero attached hydrogens (tertiary/aromatic N) is 2. The van der Waals surface area contributed by atoms with Gasteiger partial charge in [0.25, 0.3) is 0 Å². The molecule has 2 heterocycles. The average molecular weight is 216 g/mol. The summed E-state index contributed by atoms with van der Waals surface area (Å²) in [6, 6.07) is 4.02. The monoisotopic (exact) mass is 216 g/mol. The number of carbonyl (C=O) groups is 1. The van der Waals surface area contributed by atoms with Crippen LogP contribution in [-0.4, -0.2) is 15.7 Å². The number of rotatable bonds is 3. The van der Waals surface area contributed by atoms with Crippen LogP contribution in [0.3, 0.4) is 0 Å². The predicted octanol–water partition coefficient (Wildman–Crippen LogP) is 2.51. The second-order valence-corrected chi connectivity index (χ2v) is 4.37. The smallest absolute Gasteiger partial charge is 0.124 e. The van der Waals surface area contributed by atoms with Gasteiger partial charge in [-0.2, -0.15) is 0 Å². The first-order valence-electron chi connectivity index (χ1n) is 5.54. The number of hydrogen-bond acceptors (Lipinski definition) is 2. The van der Waals surface area contributed by atoms with Gasteiger partial charge in [-0.15, -0.1) is 0 Å². The molecule has 3 nitrogen and oxygen atoms in total. The molecule has 0 unspecified atom stereocenters. The molecule has 0 aliphatic rings. The number of hydrogen-bond donors (Lipinski definition) is 0. The normalized spacial score (nSPS) is 11.2. The van der Waals surface area contributed by atoms with Crippen molar-refractivity contribution >= 4 is 11.8 Å². The van der Waals surface area contributed by atoms with Gasteiger partial charge in [-0.1, -0.05) is 19.9 Å². The maximum absolute atomic E-state index is 10.5. The van der Waals surface area contributed by atoms with E-state index in [2.05, 4.69) is 23.2 Å². The quantitative estimate of drug-likeness (QED) is 0.739. The summed E-state index contributed by atoms with van der Waals surface area (Å²) < 4.78 is 2.10. The fourth-order valence-electron chi connectivity index (χ4n) is 1.94. The maximum Gasteiger partial charge on any atom is 0.124 e. The lowest BCUT2D eigenvalue weighted by Gasteiger charge is -2.05. The van der Waals surface area contributed by atoms with Crippen LogP contribution in [0.2, 0.25) is 0 Å². The second kappa shape index (κ2) is 4.08. The molecule has 0 fully saturated rings. The minimum absolute atomic E-state index is 0.382. The highest BCUT2D eigenvalue weighted by atomic mass is 16.1. The molecule has 0 saturated carbocycles. The third-order valence-electron chi connectivity index (χ3n) is 2.74. The summed E-state index contributed by atoms with van der Waals surface area (Å²) in [7, 11) is 0. The lowest BCUT2D eigenvalue weighted by atomic mass is 10.2. The van der Waals surface area contributed by atoms with Crippen LogP contribution in [0, 0.1) is 6.92 Å². The van der Waals surface area contributed by atoms with E-state index in [0.29, 0.717) is 12.3 Å². The van der Waals surface area contributed by atoms with Gasteiger partial charge < -0.3 is 9.20 Å². The number of fused-ring (bicyclic) bond motifs is 1. The highest BCUT2D eigenvalue weighted by Crippen LogP contribution is 2.19. The molecular weight excluding hydrogens is 200 g/mol. The van der Waals surface area contributed by atoms with Crippen molar-refractivity contribution < 1.29 is 4.79 Å². The summed E-state index contributed by atoms with van der Waals surface area (Å²) in [5, 5.41) is 0. The first-order valence-corrected chi connectivity index (χ1v) is 5.54. The maximum atomic E-state index is 10.5.